The van der Waals surface area contributed by atoms with Gasteiger partial charge in [-0.1, -0.05) is 71.4 Å². The first-order chi connectivity index (χ1) is 14.5. The van der Waals surface area contributed by atoms with Gasteiger partial charge >= 0.3 is 5.97 Å². The molecule has 2 atom stereocenters. The molecule has 0 saturated heterocycles. The largest absolute Gasteiger partial charge is 0.465 e. The van der Waals surface area contributed by atoms with E-state index in [1.54, 1.807) is 0 Å². The Balaban J connectivity index is 2.57. The van der Waals surface area contributed by atoms with Crippen molar-refractivity contribution < 1.29 is 39.2 Å². The van der Waals surface area contributed by atoms with Crippen molar-refractivity contribution in [2.24, 2.45) is 0 Å². The average Bonchev–Trinajstić information content (AvgIpc) is 2.73. The van der Waals surface area contributed by atoms with Crippen LogP contribution in [0.25, 0.3) is 0 Å². The lowest BCUT2D eigenvalue weighted by molar-refractivity contribution is -0.473. The van der Waals surface area contributed by atoms with Crippen LogP contribution in [0.4, 0.5) is 0 Å². The second-order valence-electron chi connectivity index (χ2n) is 6.49. The molecular weight excluding hydrogens is 528 g/mol. The van der Waals surface area contributed by atoms with Crippen molar-refractivity contribution in [1.82, 2.24) is 0 Å². The highest BCUT2D eigenvalue weighted by atomic mass is 79.9. The van der Waals surface area contributed by atoms with E-state index < -0.39 is 5.97 Å². The first-order valence-electron chi connectivity index (χ1n) is 10.0. The van der Waals surface area contributed by atoms with Gasteiger partial charge in [0, 0.05) is 6.07 Å². The molecule has 0 N–H and O–H groups in total. The smallest absolute Gasteiger partial charge is 0.338 e. The summed E-state index contributed by atoms with van der Waals surface area (Å²) in [6, 6.07) is 4.28. The molecule has 0 aliphatic carbocycles. The van der Waals surface area contributed by atoms with Gasteiger partial charge in [0.2, 0.25) is 0 Å². The van der Waals surface area contributed by atoms with E-state index >= 15 is 0 Å². The molecule has 0 saturated carbocycles. The predicted octanol–water partition coefficient (Wildman–Crippen LogP) is 6.56. The monoisotopic (exact) mass is 556 g/mol. The Kier molecular flexibility index (Phi) is 15.1. The van der Waals surface area contributed by atoms with Gasteiger partial charge < -0.3 is 14.5 Å². The first kappa shape index (κ1) is 27.1. The Morgan fingerprint density at radius 2 is 1.30 bits per heavy atom. The molecular formula is C20H30Br2O8. The fraction of sp³-hybridized carbons (Fsp3) is 0.650. The number of unbranched alkanes of at least 4 members (excludes halogenated alkanes) is 4. The number of methoxy groups -OCH3 is 1. The van der Waals surface area contributed by atoms with Crippen LogP contribution in [0.1, 0.15) is 75.6 Å². The zero-order valence-electron chi connectivity index (χ0n) is 17.6. The van der Waals surface area contributed by atoms with E-state index in [1.807, 2.05) is 0 Å². The first-order valence-corrected chi connectivity index (χ1v) is 11.8. The van der Waals surface area contributed by atoms with Crippen LogP contribution < -0.4 is 9.78 Å². The number of halogens is 2. The van der Waals surface area contributed by atoms with E-state index in [1.165, 1.54) is 25.3 Å². The Hall–Kier alpha value is -0.910. The second-order valence-corrected chi connectivity index (χ2v) is 8.53. The summed E-state index contributed by atoms with van der Waals surface area (Å²) in [6.45, 7) is 4.24. The summed E-state index contributed by atoms with van der Waals surface area (Å²) in [7, 11) is 1.27. The fourth-order valence-corrected chi connectivity index (χ4v) is 3.08. The van der Waals surface area contributed by atoms with Gasteiger partial charge in [-0.2, -0.15) is 9.78 Å². The molecule has 0 spiro atoms. The SMILES string of the molecule is CCCCCC(Br)OOOc1cc(OOOC(Br)CCCCC)cc(C(=O)OC)c1. The molecule has 0 fully saturated rings. The molecule has 1 aromatic carbocycles. The van der Waals surface area contributed by atoms with Gasteiger partial charge in [0.05, 0.1) is 12.7 Å². The van der Waals surface area contributed by atoms with E-state index in [0.717, 1.165) is 51.4 Å². The van der Waals surface area contributed by atoms with Crippen LogP contribution >= 0.6 is 31.9 Å². The van der Waals surface area contributed by atoms with Crippen LogP contribution in [0.2, 0.25) is 0 Å². The molecule has 8 nitrogen and oxygen atoms in total. The van der Waals surface area contributed by atoms with E-state index in [0.29, 0.717) is 0 Å². The third-order valence-electron chi connectivity index (χ3n) is 3.92. The molecule has 0 bridgehead atoms. The van der Waals surface area contributed by atoms with E-state index in [4.69, 9.17) is 34.4 Å². The van der Waals surface area contributed by atoms with E-state index in [9.17, 15) is 4.79 Å². The Morgan fingerprint density at radius 1 is 0.833 bits per heavy atom. The lowest BCUT2D eigenvalue weighted by Crippen LogP contribution is -2.10. The van der Waals surface area contributed by atoms with E-state index in [-0.39, 0.29) is 27.1 Å². The van der Waals surface area contributed by atoms with Crippen molar-refractivity contribution in [3.8, 4) is 11.5 Å². The number of alkyl halides is 2. The lowest BCUT2D eigenvalue weighted by Gasteiger charge is -2.12. The minimum absolute atomic E-state index is 0.156. The summed E-state index contributed by atoms with van der Waals surface area (Å²) in [5, 5.41) is 8.97. The van der Waals surface area contributed by atoms with Gasteiger partial charge in [-0.3, -0.25) is 0 Å². The third-order valence-corrected chi connectivity index (χ3v) is 5.14. The number of carbonyl (C=O) groups is 1. The summed E-state index contributed by atoms with van der Waals surface area (Å²) in [5.41, 5.74) is 0.175. The van der Waals surface area contributed by atoms with Crippen LogP contribution in [-0.2, 0) is 24.6 Å². The van der Waals surface area contributed by atoms with Crippen LogP contribution in [0.5, 0.6) is 11.5 Å². The zero-order chi connectivity index (χ0) is 22.2. The number of rotatable bonds is 17. The highest BCUT2D eigenvalue weighted by molar-refractivity contribution is 9.09. The highest BCUT2D eigenvalue weighted by Gasteiger charge is 2.14. The maximum absolute atomic E-state index is 11.9. The van der Waals surface area contributed by atoms with Crippen LogP contribution in [-0.4, -0.2) is 23.1 Å². The Bertz CT molecular complexity index is 562. The van der Waals surface area contributed by atoms with Crippen molar-refractivity contribution in [1.29, 1.82) is 0 Å². The number of ether oxygens (including phenoxy) is 1. The molecule has 2 unspecified atom stereocenters. The summed E-state index contributed by atoms with van der Waals surface area (Å²) < 4.78 is 4.73. The molecule has 1 aromatic rings. The minimum Gasteiger partial charge on any atom is -0.465 e. The zero-order valence-corrected chi connectivity index (χ0v) is 20.7. The topological polar surface area (TPSA) is 81.7 Å². The standard InChI is InChI=1S/C20H30Br2O8/c1-4-6-8-10-18(21)27-29-25-16-12-15(20(23)24-3)13-17(14-16)26-30-28-19(22)11-9-7-5-2/h12-14,18-19H,4-11H2,1-3H3. The Morgan fingerprint density at radius 3 is 1.70 bits per heavy atom. The Labute approximate surface area is 194 Å². The number of esters is 1. The number of benzene rings is 1. The molecule has 0 radical (unpaired) electrons. The molecule has 1 rings (SSSR count). The van der Waals surface area contributed by atoms with Crippen molar-refractivity contribution in [2.75, 3.05) is 7.11 Å². The van der Waals surface area contributed by atoms with E-state index in [2.05, 4.69) is 45.7 Å². The normalized spacial score (nSPS) is 13.0. The predicted molar refractivity (Wildman–Crippen MR) is 117 cm³/mol. The second kappa shape index (κ2) is 16.7. The maximum atomic E-state index is 11.9. The van der Waals surface area contributed by atoms with Crippen LogP contribution in [0.15, 0.2) is 18.2 Å². The third kappa shape index (κ3) is 12.1. The van der Waals surface area contributed by atoms with Crippen molar-refractivity contribution >= 4 is 37.8 Å². The molecule has 0 aromatic heterocycles. The molecule has 30 heavy (non-hydrogen) atoms. The van der Waals surface area contributed by atoms with Gasteiger partial charge in [-0.25, -0.2) is 4.79 Å². The maximum Gasteiger partial charge on any atom is 0.338 e. The van der Waals surface area contributed by atoms with Gasteiger partial charge in [-0.15, -0.1) is 0 Å². The van der Waals surface area contributed by atoms with Crippen LogP contribution in [0.3, 0.4) is 0 Å². The van der Waals surface area contributed by atoms with Gasteiger partial charge in [0.25, 0.3) is 0 Å². The van der Waals surface area contributed by atoms with Crippen molar-refractivity contribution in [3.63, 3.8) is 0 Å². The number of hydrogen-bond acceptors (Lipinski definition) is 8. The molecule has 10 heteroatoms. The van der Waals surface area contributed by atoms with Gasteiger partial charge in [0.15, 0.2) is 21.5 Å². The van der Waals surface area contributed by atoms with Crippen LogP contribution in [0, 0.1) is 0 Å². The minimum atomic E-state index is -0.581. The highest BCUT2D eigenvalue weighted by Crippen LogP contribution is 2.25. The lowest BCUT2D eigenvalue weighted by atomic mass is 10.2. The molecule has 0 aliphatic rings. The molecule has 0 amide bonds. The van der Waals surface area contributed by atoms with Crippen molar-refractivity contribution in [3.05, 3.63) is 23.8 Å². The quantitative estimate of drug-likeness (QED) is 0.0700. The number of hydrogen-bond donors (Lipinski definition) is 0. The fourth-order valence-electron chi connectivity index (χ4n) is 2.31. The molecule has 0 heterocycles. The summed E-state index contributed by atoms with van der Waals surface area (Å²) >= 11 is 6.70. The summed E-state index contributed by atoms with van der Waals surface area (Å²) in [5.74, 6) is -0.269. The number of carbonyl (C=O) groups excluding carboxylic acids is 1. The van der Waals surface area contributed by atoms with Crippen molar-refractivity contribution in [2.45, 2.75) is 75.2 Å². The van der Waals surface area contributed by atoms with Gasteiger partial charge in [-0.05, 0) is 47.9 Å². The summed E-state index contributed by atoms with van der Waals surface area (Å²) in [4.78, 5) is 32.3. The summed E-state index contributed by atoms with van der Waals surface area (Å²) in [6.07, 6.45) is 7.96. The average molecular weight is 558 g/mol. The molecule has 172 valence electrons. The molecule has 0 aliphatic heterocycles. The van der Waals surface area contributed by atoms with Gasteiger partial charge in [0.1, 0.15) is 0 Å².